The Morgan fingerprint density at radius 2 is 0.917 bits per heavy atom. The molecule has 0 saturated heterocycles. The molecule has 0 spiro atoms. The van der Waals surface area contributed by atoms with E-state index in [1.54, 1.807) is 84.9 Å². The minimum absolute atomic E-state index is 0.000171. The van der Waals surface area contributed by atoms with E-state index in [1.807, 2.05) is 0 Å². The summed E-state index contributed by atoms with van der Waals surface area (Å²) in [6.45, 7) is 7.30. The molecule has 0 radical (unpaired) electrons. The smallest absolute Gasteiger partial charge is 0.336 e. The molecule has 10 heteroatoms. The summed E-state index contributed by atoms with van der Waals surface area (Å²) >= 11 is 0. The Bertz CT molecular complexity index is 2090. The Morgan fingerprint density at radius 1 is 0.500 bits per heavy atom. The lowest BCUT2D eigenvalue weighted by atomic mass is 10.0. The second-order valence-corrected chi connectivity index (χ2v) is 10.3. The molecule has 5 aromatic carbocycles. The molecule has 0 fully saturated rings. The van der Waals surface area contributed by atoms with Crippen molar-refractivity contribution >= 4 is 47.3 Å². The zero-order valence-electron chi connectivity index (χ0n) is 25.3. The van der Waals surface area contributed by atoms with E-state index in [4.69, 9.17) is 9.47 Å². The summed E-state index contributed by atoms with van der Waals surface area (Å²) in [6, 6.07) is 28.8. The number of hydrogen-bond acceptors (Lipinski definition) is 6. The molecule has 0 aliphatic carbocycles. The van der Waals surface area contributed by atoms with Gasteiger partial charge in [-0.05, 0) is 71.8 Å². The van der Waals surface area contributed by atoms with Crippen molar-refractivity contribution in [1.82, 2.24) is 0 Å². The fourth-order valence-corrected chi connectivity index (χ4v) is 4.67. The molecule has 0 heterocycles. The van der Waals surface area contributed by atoms with E-state index in [9.17, 15) is 29.4 Å². The first-order valence-electron chi connectivity index (χ1n) is 14.4. The van der Waals surface area contributed by atoms with E-state index in [0.717, 1.165) is 0 Å². The van der Waals surface area contributed by atoms with Crippen LogP contribution >= 0.6 is 0 Å². The van der Waals surface area contributed by atoms with Gasteiger partial charge in [-0.3, -0.25) is 9.59 Å². The maximum Gasteiger partial charge on any atom is 0.336 e. The first-order chi connectivity index (χ1) is 23.1. The van der Waals surface area contributed by atoms with Gasteiger partial charge in [-0.15, -0.1) is 0 Å². The normalized spacial score (nSPS) is 10.3. The number of rotatable bonds is 12. The molecule has 0 aliphatic rings. The number of aromatic carboxylic acids is 2. The fourth-order valence-electron chi connectivity index (χ4n) is 4.67. The van der Waals surface area contributed by atoms with Crippen molar-refractivity contribution in [3.8, 4) is 23.0 Å². The van der Waals surface area contributed by atoms with Crippen molar-refractivity contribution in [3.63, 3.8) is 0 Å². The van der Waals surface area contributed by atoms with Crippen LogP contribution in [-0.2, 0) is 0 Å². The van der Waals surface area contributed by atoms with Crippen molar-refractivity contribution < 1.29 is 38.9 Å². The predicted octanol–water partition coefficient (Wildman–Crippen LogP) is 8.46. The summed E-state index contributed by atoms with van der Waals surface area (Å²) in [5, 5.41) is 24.5. The summed E-state index contributed by atoms with van der Waals surface area (Å²) < 4.78 is 12.0. The van der Waals surface area contributed by atoms with Crippen LogP contribution in [0.15, 0.2) is 122 Å². The second-order valence-electron chi connectivity index (χ2n) is 10.3. The lowest BCUT2D eigenvalue weighted by molar-refractivity contribution is 0.0683. The van der Waals surface area contributed by atoms with Crippen LogP contribution < -0.4 is 20.1 Å². The lowest BCUT2D eigenvalue weighted by Gasteiger charge is -2.12. The molecule has 0 unspecified atom stereocenters. The molecular formula is C38H28N2O8. The van der Waals surface area contributed by atoms with Crippen LogP contribution in [0.25, 0.3) is 12.2 Å². The number of ether oxygens (including phenoxy) is 2. The van der Waals surface area contributed by atoms with E-state index in [-0.39, 0.29) is 22.3 Å². The molecular weight excluding hydrogens is 612 g/mol. The summed E-state index contributed by atoms with van der Waals surface area (Å²) in [6.07, 6.45) is 3.02. The van der Waals surface area contributed by atoms with Crippen LogP contribution in [0.5, 0.6) is 23.0 Å². The molecule has 0 aliphatic heterocycles. The molecule has 0 atom stereocenters. The monoisotopic (exact) mass is 640 g/mol. The van der Waals surface area contributed by atoms with Crippen molar-refractivity contribution in [2.24, 2.45) is 0 Å². The van der Waals surface area contributed by atoms with Gasteiger partial charge in [0.05, 0.1) is 22.3 Å². The maximum absolute atomic E-state index is 13.0. The van der Waals surface area contributed by atoms with Crippen LogP contribution in [0.1, 0.15) is 52.6 Å². The molecule has 48 heavy (non-hydrogen) atoms. The van der Waals surface area contributed by atoms with Gasteiger partial charge in [0, 0.05) is 29.6 Å². The lowest BCUT2D eigenvalue weighted by Crippen LogP contribution is -2.16. The Hall–Kier alpha value is -6.94. The minimum Gasteiger partial charge on any atom is -0.478 e. The van der Waals surface area contributed by atoms with Crippen LogP contribution in [0.4, 0.5) is 11.4 Å². The number of carbonyl (C=O) groups excluding carboxylic acids is 2. The second kappa shape index (κ2) is 14.4. The molecule has 0 bridgehead atoms. The highest BCUT2D eigenvalue weighted by Crippen LogP contribution is 2.31. The quantitative estimate of drug-likeness (QED) is 0.106. The van der Waals surface area contributed by atoms with Crippen LogP contribution in [0.3, 0.4) is 0 Å². The Kier molecular flexibility index (Phi) is 9.76. The molecule has 0 aromatic heterocycles. The molecule has 5 aromatic rings. The molecule has 10 nitrogen and oxygen atoms in total. The summed E-state index contributed by atoms with van der Waals surface area (Å²) in [7, 11) is 0. The average molecular weight is 641 g/mol. The predicted molar refractivity (Wildman–Crippen MR) is 182 cm³/mol. The van der Waals surface area contributed by atoms with E-state index in [1.165, 1.54) is 36.4 Å². The third kappa shape index (κ3) is 7.82. The number of nitrogens with one attached hydrogen (secondary N) is 2. The van der Waals surface area contributed by atoms with E-state index < -0.39 is 23.8 Å². The van der Waals surface area contributed by atoms with Crippen molar-refractivity contribution in [1.29, 1.82) is 0 Å². The summed E-state index contributed by atoms with van der Waals surface area (Å²) in [4.78, 5) is 49.3. The van der Waals surface area contributed by atoms with Gasteiger partial charge in [-0.25, -0.2) is 9.59 Å². The zero-order chi connectivity index (χ0) is 34.2. The first-order valence-corrected chi connectivity index (χ1v) is 14.4. The van der Waals surface area contributed by atoms with E-state index >= 15 is 0 Å². The van der Waals surface area contributed by atoms with Gasteiger partial charge in [0.25, 0.3) is 11.8 Å². The summed E-state index contributed by atoms with van der Waals surface area (Å²) in [5.74, 6) is -2.00. The number of carbonyl (C=O) groups is 4. The van der Waals surface area contributed by atoms with Gasteiger partial charge in [-0.2, -0.15) is 0 Å². The van der Waals surface area contributed by atoms with Crippen molar-refractivity contribution in [2.75, 3.05) is 10.6 Å². The molecule has 238 valence electrons. The van der Waals surface area contributed by atoms with Crippen molar-refractivity contribution in [3.05, 3.63) is 156 Å². The number of carboxylic acids is 2. The molecule has 0 saturated carbocycles. The van der Waals surface area contributed by atoms with Crippen LogP contribution in [0, 0.1) is 0 Å². The maximum atomic E-state index is 13.0. The minimum atomic E-state index is -1.23. The number of carboxylic acid groups (broad SMARTS) is 2. The third-order valence-electron chi connectivity index (χ3n) is 6.97. The van der Waals surface area contributed by atoms with Gasteiger partial charge in [-0.1, -0.05) is 55.6 Å². The SMILES string of the molecule is C=Cc1ccc(C(=O)Nc2cccc(Oc3cccc(Oc4cccc(NC(=O)c5cc(C=C)ccc5C(=O)O)c4)c3)c2)c(C(=O)O)c1. The molecule has 2 amide bonds. The zero-order valence-corrected chi connectivity index (χ0v) is 25.3. The number of amides is 2. The van der Waals surface area contributed by atoms with E-state index in [0.29, 0.717) is 45.5 Å². The number of hydrogen-bond donors (Lipinski definition) is 4. The Balaban J connectivity index is 1.27. The van der Waals surface area contributed by atoms with Gasteiger partial charge >= 0.3 is 11.9 Å². The van der Waals surface area contributed by atoms with Gasteiger partial charge in [0.1, 0.15) is 23.0 Å². The average Bonchev–Trinajstić information content (AvgIpc) is 3.08. The Labute approximate surface area is 275 Å². The van der Waals surface area contributed by atoms with Gasteiger partial charge in [0.15, 0.2) is 0 Å². The van der Waals surface area contributed by atoms with Crippen LogP contribution in [-0.4, -0.2) is 34.0 Å². The third-order valence-corrected chi connectivity index (χ3v) is 6.97. The molecule has 5 rings (SSSR count). The topological polar surface area (TPSA) is 151 Å². The Morgan fingerprint density at radius 3 is 1.40 bits per heavy atom. The highest BCUT2D eigenvalue weighted by molar-refractivity contribution is 6.12. The highest BCUT2D eigenvalue weighted by atomic mass is 16.5. The standard InChI is InChI=1S/C38H28N2O8/c1-3-23-15-17-32(37(43)44)33(18-23)36(42)40-26-9-6-11-28(21-26)48-30-13-7-12-29(22-30)47-27-10-5-8-25(20-27)39-35(41)31-16-14-24(4-2)19-34(31)38(45)46/h3-22H,1-2H2,(H,39,41)(H,40,42)(H,43,44)(H,45,46). The number of benzene rings is 5. The van der Waals surface area contributed by atoms with Crippen LogP contribution in [0.2, 0.25) is 0 Å². The van der Waals surface area contributed by atoms with Crippen molar-refractivity contribution in [2.45, 2.75) is 0 Å². The summed E-state index contributed by atoms with van der Waals surface area (Å²) in [5.41, 5.74) is 1.66. The number of anilines is 2. The molecule has 4 N–H and O–H groups in total. The van der Waals surface area contributed by atoms with Gasteiger partial charge < -0.3 is 30.3 Å². The fraction of sp³-hybridized carbons (Fsp3) is 0. The largest absolute Gasteiger partial charge is 0.478 e. The van der Waals surface area contributed by atoms with E-state index in [2.05, 4.69) is 23.8 Å². The highest BCUT2D eigenvalue weighted by Gasteiger charge is 2.19. The first kappa shape index (κ1) is 32.5. The van der Waals surface area contributed by atoms with Gasteiger partial charge in [0.2, 0.25) is 0 Å².